The van der Waals surface area contributed by atoms with Crippen LogP contribution in [0.15, 0.2) is 18.2 Å². The number of carboxylic acid groups (broad SMARTS) is 1. The van der Waals surface area contributed by atoms with Crippen molar-refractivity contribution in [2.75, 3.05) is 0 Å². The standard InChI is InChI=1S/C20H27ClO2/c1-20(2)9-7-14(8-10-20)16-6-5-15(11-18(16)21)17(12-19(22)23)13-3-4-13/h5-6,11,13-14,17H,3-4,7-10,12H2,1-2H3,(H,22,23). The molecule has 126 valence electrons. The zero-order valence-electron chi connectivity index (χ0n) is 14.1. The van der Waals surface area contributed by atoms with E-state index in [1.807, 2.05) is 6.07 Å². The first-order chi connectivity index (χ1) is 10.9. The van der Waals surface area contributed by atoms with Crippen molar-refractivity contribution in [1.82, 2.24) is 0 Å². The Morgan fingerprint density at radius 3 is 2.43 bits per heavy atom. The molecule has 0 radical (unpaired) electrons. The molecule has 3 rings (SSSR count). The highest BCUT2D eigenvalue weighted by Crippen LogP contribution is 2.47. The molecule has 0 saturated heterocycles. The zero-order valence-corrected chi connectivity index (χ0v) is 14.9. The van der Waals surface area contributed by atoms with Gasteiger partial charge < -0.3 is 5.11 Å². The predicted molar refractivity (Wildman–Crippen MR) is 94.2 cm³/mol. The number of hydrogen-bond donors (Lipinski definition) is 1. The van der Waals surface area contributed by atoms with E-state index in [-0.39, 0.29) is 12.3 Å². The molecule has 0 aromatic heterocycles. The maximum Gasteiger partial charge on any atom is 0.303 e. The van der Waals surface area contributed by atoms with Crippen LogP contribution in [0.3, 0.4) is 0 Å². The Morgan fingerprint density at radius 1 is 1.26 bits per heavy atom. The van der Waals surface area contributed by atoms with Gasteiger partial charge in [0.25, 0.3) is 0 Å². The number of halogens is 1. The van der Waals surface area contributed by atoms with Gasteiger partial charge in [-0.3, -0.25) is 4.79 Å². The molecule has 1 aromatic carbocycles. The molecule has 23 heavy (non-hydrogen) atoms. The van der Waals surface area contributed by atoms with Gasteiger partial charge in [-0.1, -0.05) is 37.6 Å². The lowest BCUT2D eigenvalue weighted by Gasteiger charge is -2.35. The molecule has 0 amide bonds. The Bertz CT molecular complexity index is 579. The Hall–Kier alpha value is -1.02. The van der Waals surface area contributed by atoms with E-state index in [2.05, 4.69) is 26.0 Å². The van der Waals surface area contributed by atoms with Gasteiger partial charge in [0.05, 0.1) is 6.42 Å². The molecule has 1 N–H and O–H groups in total. The van der Waals surface area contributed by atoms with E-state index < -0.39 is 5.97 Å². The highest BCUT2D eigenvalue weighted by Gasteiger charge is 2.34. The van der Waals surface area contributed by atoms with Crippen molar-refractivity contribution in [3.8, 4) is 0 Å². The molecule has 2 saturated carbocycles. The van der Waals surface area contributed by atoms with Gasteiger partial charge in [0.2, 0.25) is 0 Å². The highest BCUT2D eigenvalue weighted by atomic mass is 35.5. The fraction of sp³-hybridized carbons (Fsp3) is 0.650. The van der Waals surface area contributed by atoms with Crippen LogP contribution in [0.4, 0.5) is 0 Å². The maximum absolute atomic E-state index is 11.1. The van der Waals surface area contributed by atoms with E-state index >= 15 is 0 Å². The number of carbonyl (C=O) groups is 1. The lowest BCUT2D eigenvalue weighted by molar-refractivity contribution is -0.137. The van der Waals surface area contributed by atoms with Crippen molar-refractivity contribution >= 4 is 17.6 Å². The van der Waals surface area contributed by atoms with Crippen molar-refractivity contribution < 1.29 is 9.90 Å². The fourth-order valence-electron chi connectivity index (χ4n) is 4.06. The minimum atomic E-state index is -0.711. The van der Waals surface area contributed by atoms with Gasteiger partial charge in [-0.15, -0.1) is 0 Å². The summed E-state index contributed by atoms with van der Waals surface area (Å²) < 4.78 is 0. The van der Waals surface area contributed by atoms with Crippen LogP contribution in [0.5, 0.6) is 0 Å². The van der Waals surface area contributed by atoms with Crippen molar-refractivity contribution in [2.24, 2.45) is 11.3 Å². The van der Waals surface area contributed by atoms with Crippen LogP contribution in [0.1, 0.15) is 81.8 Å². The van der Waals surface area contributed by atoms with Gasteiger partial charge in [-0.05, 0) is 78.9 Å². The second kappa shape index (κ2) is 6.47. The van der Waals surface area contributed by atoms with E-state index in [9.17, 15) is 4.79 Å². The Labute approximate surface area is 144 Å². The summed E-state index contributed by atoms with van der Waals surface area (Å²) >= 11 is 6.59. The molecule has 0 spiro atoms. The quantitative estimate of drug-likeness (QED) is 0.717. The van der Waals surface area contributed by atoms with Crippen LogP contribution in [-0.2, 0) is 4.79 Å². The Morgan fingerprint density at radius 2 is 1.91 bits per heavy atom. The summed E-state index contributed by atoms with van der Waals surface area (Å²) in [4.78, 5) is 11.1. The first-order valence-corrected chi connectivity index (χ1v) is 9.25. The molecule has 1 unspecified atom stereocenters. The predicted octanol–water partition coefficient (Wildman–Crippen LogP) is 5.99. The van der Waals surface area contributed by atoms with E-state index in [1.54, 1.807) is 0 Å². The topological polar surface area (TPSA) is 37.3 Å². The molecule has 2 nitrogen and oxygen atoms in total. The first-order valence-electron chi connectivity index (χ1n) is 8.87. The van der Waals surface area contributed by atoms with Gasteiger partial charge in [0, 0.05) is 5.02 Å². The average molecular weight is 335 g/mol. The number of rotatable bonds is 5. The van der Waals surface area contributed by atoms with E-state index in [1.165, 1.54) is 31.2 Å². The molecule has 2 aliphatic carbocycles. The average Bonchev–Trinajstić information content (AvgIpc) is 3.30. The lowest BCUT2D eigenvalue weighted by atomic mass is 9.71. The molecule has 2 fully saturated rings. The first kappa shape index (κ1) is 16.8. The largest absolute Gasteiger partial charge is 0.481 e. The Balaban J connectivity index is 1.76. The SMILES string of the molecule is CC1(C)CCC(c2ccc(C(CC(=O)O)C3CC3)cc2Cl)CC1. The molecule has 0 heterocycles. The van der Waals surface area contributed by atoms with Gasteiger partial charge in [0.15, 0.2) is 0 Å². The number of hydrogen-bond acceptors (Lipinski definition) is 1. The van der Waals surface area contributed by atoms with E-state index in [0.29, 0.717) is 17.3 Å². The molecular formula is C20H27ClO2. The van der Waals surface area contributed by atoms with E-state index in [0.717, 1.165) is 23.4 Å². The third-order valence-electron chi connectivity index (χ3n) is 5.82. The summed E-state index contributed by atoms with van der Waals surface area (Å²) in [6, 6.07) is 6.34. The van der Waals surface area contributed by atoms with Crippen molar-refractivity contribution in [3.63, 3.8) is 0 Å². The summed E-state index contributed by atoms with van der Waals surface area (Å²) in [6.45, 7) is 4.69. The van der Waals surface area contributed by atoms with Crippen LogP contribution in [0.25, 0.3) is 0 Å². The van der Waals surface area contributed by atoms with Gasteiger partial charge in [0.1, 0.15) is 0 Å². The van der Waals surface area contributed by atoms with Crippen molar-refractivity contribution in [1.29, 1.82) is 0 Å². The molecule has 1 atom stereocenters. The summed E-state index contributed by atoms with van der Waals surface area (Å²) in [7, 11) is 0. The fourth-order valence-corrected chi connectivity index (χ4v) is 4.40. The number of benzene rings is 1. The summed E-state index contributed by atoms with van der Waals surface area (Å²) in [5.74, 6) is 0.507. The monoisotopic (exact) mass is 334 g/mol. The third-order valence-corrected chi connectivity index (χ3v) is 6.14. The smallest absolute Gasteiger partial charge is 0.303 e. The molecular weight excluding hydrogens is 308 g/mol. The van der Waals surface area contributed by atoms with Crippen LogP contribution in [0.2, 0.25) is 5.02 Å². The third kappa shape index (κ3) is 4.09. The molecule has 0 bridgehead atoms. The summed E-state index contributed by atoms with van der Waals surface area (Å²) in [6.07, 6.45) is 7.42. The second-order valence-corrected chi connectivity index (χ2v) is 8.67. The minimum Gasteiger partial charge on any atom is -0.481 e. The number of aliphatic carboxylic acids is 1. The summed E-state index contributed by atoms with van der Waals surface area (Å²) in [5, 5.41) is 10.0. The van der Waals surface area contributed by atoms with Crippen LogP contribution < -0.4 is 0 Å². The highest BCUT2D eigenvalue weighted by molar-refractivity contribution is 6.31. The zero-order chi connectivity index (χ0) is 16.6. The summed E-state index contributed by atoms with van der Waals surface area (Å²) in [5.41, 5.74) is 2.83. The van der Waals surface area contributed by atoms with Gasteiger partial charge in [-0.2, -0.15) is 0 Å². The van der Waals surface area contributed by atoms with Crippen LogP contribution >= 0.6 is 11.6 Å². The molecule has 0 aliphatic heterocycles. The van der Waals surface area contributed by atoms with Gasteiger partial charge >= 0.3 is 5.97 Å². The molecule has 3 heteroatoms. The normalized spacial score (nSPS) is 22.7. The van der Waals surface area contributed by atoms with Crippen LogP contribution in [-0.4, -0.2) is 11.1 Å². The van der Waals surface area contributed by atoms with Gasteiger partial charge in [-0.25, -0.2) is 0 Å². The molecule has 1 aromatic rings. The minimum absolute atomic E-state index is 0.129. The van der Waals surface area contributed by atoms with Crippen molar-refractivity contribution in [3.05, 3.63) is 34.3 Å². The lowest BCUT2D eigenvalue weighted by Crippen LogP contribution is -2.20. The van der Waals surface area contributed by atoms with Crippen molar-refractivity contribution in [2.45, 2.75) is 70.6 Å². The number of carboxylic acids is 1. The maximum atomic E-state index is 11.1. The van der Waals surface area contributed by atoms with Crippen LogP contribution in [0, 0.1) is 11.3 Å². The Kier molecular flexibility index (Phi) is 4.73. The second-order valence-electron chi connectivity index (χ2n) is 8.26. The molecule has 2 aliphatic rings. The van der Waals surface area contributed by atoms with E-state index in [4.69, 9.17) is 16.7 Å².